The predicted octanol–water partition coefficient (Wildman–Crippen LogP) is 0.710. The Hall–Kier alpha value is -0.910. The minimum atomic E-state index is -0.744. The average Bonchev–Trinajstić information content (AvgIpc) is 2.51. The van der Waals surface area contributed by atoms with Gasteiger partial charge in [-0.15, -0.1) is 5.10 Å². The SMILES string of the molecule is C=C(Cl)Cn1nncc1C(O)COC. The zero-order valence-corrected chi connectivity index (χ0v) is 8.61. The van der Waals surface area contributed by atoms with E-state index in [2.05, 4.69) is 16.9 Å². The fourth-order valence-corrected chi connectivity index (χ4v) is 1.17. The van der Waals surface area contributed by atoms with Crippen molar-refractivity contribution in [2.45, 2.75) is 12.6 Å². The third kappa shape index (κ3) is 2.80. The molecule has 0 saturated carbocycles. The topological polar surface area (TPSA) is 60.2 Å². The number of nitrogens with zero attached hydrogens (tertiary/aromatic N) is 3. The third-order valence-electron chi connectivity index (χ3n) is 1.63. The van der Waals surface area contributed by atoms with E-state index >= 15 is 0 Å². The summed E-state index contributed by atoms with van der Waals surface area (Å²) in [4.78, 5) is 0. The Morgan fingerprint density at radius 3 is 3.14 bits per heavy atom. The Labute approximate surface area is 86.9 Å². The van der Waals surface area contributed by atoms with Gasteiger partial charge in [0.2, 0.25) is 0 Å². The van der Waals surface area contributed by atoms with Crippen LogP contribution in [0.2, 0.25) is 0 Å². The molecule has 1 aromatic rings. The van der Waals surface area contributed by atoms with E-state index in [9.17, 15) is 5.11 Å². The first-order chi connectivity index (χ1) is 6.65. The highest BCUT2D eigenvalue weighted by atomic mass is 35.5. The Bertz CT molecular complexity index is 313. The van der Waals surface area contributed by atoms with Crippen LogP contribution in [0.5, 0.6) is 0 Å². The van der Waals surface area contributed by atoms with Gasteiger partial charge >= 0.3 is 0 Å². The monoisotopic (exact) mass is 217 g/mol. The zero-order chi connectivity index (χ0) is 10.6. The summed E-state index contributed by atoms with van der Waals surface area (Å²) in [5.41, 5.74) is 0.564. The summed E-state index contributed by atoms with van der Waals surface area (Å²) in [6, 6.07) is 0. The number of aliphatic hydroxyl groups is 1. The van der Waals surface area contributed by atoms with E-state index in [0.717, 1.165) is 0 Å². The van der Waals surface area contributed by atoms with Crippen molar-refractivity contribution in [2.75, 3.05) is 13.7 Å². The first kappa shape index (κ1) is 11.2. The van der Waals surface area contributed by atoms with Gasteiger partial charge in [0.15, 0.2) is 0 Å². The van der Waals surface area contributed by atoms with Gasteiger partial charge in [-0.1, -0.05) is 23.4 Å². The molecule has 6 heteroatoms. The number of aliphatic hydroxyl groups excluding tert-OH is 1. The van der Waals surface area contributed by atoms with Crippen molar-refractivity contribution in [3.63, 3.8) is 0 Å². The van der Waals surface area contributed by atoms with Crippen LogP contribution in [-0.4, -0.2) is 33.8 Å². The number of allylic oxidation sites excluding steroid dienone is 1. The lowest BCUT2D eigenvalue weighted by Gasteiger charge is -2.10. The van der Waals surface area contributed by atoms with Crippen LogP contribution in [-0.2, 0) is 11.3 Å². The van der Waals surface area contributed by atoms with Gasteiger partial charge in [-0.25, -0.2) is 4.68 Å². The maximum Gasteiger partial charge on any atom is 0.120 e. The van der Waals surface area contributed by atoms with Crippen LogP contribution >= 0.6 is 11.6 Å². The second-order valence-electron chi connectivity index (χ2n) is 2.80. The van der Waals surface area contributed by atoms with Gasteiger partial charge < -0.3 is 9.84 Å². The van der Waals surface area contributed by atoms with E-state index in [-0.39, 0.29) is 6.61 Å². The number of aromatic nitrogens is 3. The van der Waals surface area contributed by atoms with Crippen LogP contribution in [0.25, 0.3) is 0 Å². The maximum absolute atomic E-state index is 9.60. The van der Waals surface area contributed by atoms with E-state index in [4.69, 9.17) is 16.3 Å². The molecule has 0 amide bonds. The first-order valence-corrected chi connectivity index (χ1v) is 4.41. The van der Waals surface area contributed by atoms with Crippen LogP contribution in [0.3, 0.4) is 0 Å². The van der Waals surface area contributed by atoms with Crippen molar-refractivity contribution in [3.05, 3.63) is 23.5 Å². The molecular formula is C8H12ClN3O2. The van der Waals surface area contributed by atoms with Gasteiger partial charge in [-0.3, -0.25) is 0 Å². The van der Waals surface area contributed by atoms with Crippen molar-refractivity contribution in [2.24, 2.45) is 0 Å². The Morgan fingerprint density at radius 1 is 1.86 bits per heavy atom. The number of hydrogen-bond donors (Lipinski definition) is 1. The third-order valence-corrected chi connectivity index (χ3v) is 1.75. The predicted molar refractivity (Wildman–Crippen MR) is 51.9 cm³/mol. The van der Waals surface area contributed by atoms with Crippen molar-refractivity contribution in [1.82, 2.24) is 15.0 Å². The summed E-state index contributed by atoms with van der Waals surface area (Å²) in [5, 5.41) is 17.5. The normalized spacial score (nSPS) is 12.8. The maximum atomic E-state index is 9.60. The summed E-state index contributed by atoms with van der Waals surface area (Å²) in [5.74, 6) is 0. The lowest BCUT2D eigenvalue weighted by Crippen LogP contribution is -2.13. The summed E-state index contributed by atoms with van der Waals surface area (Å²) < 4.78 is 6.30. The second kappa shape index (κ2) is 5.09. The van der Waals surface area contributed by atoms with E-state index in [1.54, 1.807) is 0 Å². The molecule has 0 aliphatic heterocycles. The van der Waals surface area contributed by atoms with Crippen molar-refractivity contribution in [3.8, 4) is 0 Å². The van der Waals surface area contributed by atoms with Gasteiger partial charge in [0.25, 0.3) is 0 Å². The van der Waals surface area contributed by atoms with Gasteiger partial charge in [0, 0.05) is 12.1 Å². The number of rotatable bonds is 5. The molecule has 1 aromatic heterocycles. The number of ether oxygens (including phenoxy) is 1. The quantitative estimate of drug-likeness (QED) is 0.789. The summed E-state index contributed by atoms with van der Waals surface area (Å²) in [7, 11) is 1.51. The molecule has 0 saturated heterocycles. The first-order valence-electron chi connectivity index (χ1n) is 4.03. The van der Waals surface area contributed by atoms with Crippen LogP contribution in [0.4, 0.5) is 0 Å². The van der Waals surface area contributed by atoms with Gasteiger partial charge in [-0.2, -0.15) is 0 Å². The van der Waals surface area contributed by atoms with E-state index in [1.165, 1.54) is 18.0 Å². The molecular weight excluding hydrogens is 206 g/mol. The molecule has 1 heterocycles. The van der Waals surface area contributed by atoms with E-state index < -0.39 is 6.10 Å². The highest BCUT2D eigenvalue weighted by Crippen LogP contribution is 2.13. The van der Waals surface area contributed by atoms with Crippen LogP contribution < -0.4 is 0 Å². The number of methoxy groups -OCH3 is 1. The zero-order valence-electron chi connectivity index (χ0n) is 7.85. The van der Waals surface area contributed by atoms with Gasteiger partial charge in [0.1, 0.15) is 6.10 Å². The summed E-state index contributed by atoms with van der Waals surface area (Å²) in [6.07, 6.45) is 0.731. The lowest BCUT2D eigenvalue weighted by molar-refractivity contribution is 0.0589. The standard InChI is InChI=1S/C8H12ClN3O2/c1-6(9)4-12-7(3-10-11-12)8(13)5-14-2/h3,8,13H,1,4-5H2,2H3. The largest absolute Gasteiger partial charge is 0.384 e. The van der Waals surface area contributed by atoms with Crippen molar-refractivity contribution >= 4 is 11.6 Å². The molecule has 1 rings (SSSR count). The number of halogens is 1. The minimum absolute atomic E-state index is 0.197. The molecule has 5 nitrogen and oxygen atoms in total. The van der Waals surface area contributed by atoms with E-state index in [0.29, 0.717) is 17.3 Å². The Kier molecular flexibility index (Phi) is 4.06. The van der Waals surface area contributed by atoms with Crippen LogP contribution in [0, 0.1) is 0 Å². The molecule has 1 N–H and O–H groups in total. The highest BCUT2D eigenvalue weighted by molar-refractivity contribution is 6.29. The summed E-state index contributed by atoms with van der Waals surface area (Å²) >= 11 is 5.63. The van der Waals surface area contributed by atoms with E-state index in [1.807, 2.05) is 0 Å². The molecule has 0 radical (unpaired) electrons. The molecule has 78 valence electrons. The molecule has 0 aromatic carbocycles. The fraction of sp³-hybridized carbons (Fsp3) is 0.500. The molecule has 0 bridgehead atoms. The van der Waals surface area contributed by atoms with Crippen molar-refractivity contribution in [1.29, 1.82) is 0 Å². The Balaban J connectivity index is 2.75. The molecule has 0 spiro atoms. The molecule has 0 fully saturated rings. The fourth-order valence-electron chi connectivity index (χ4n) is 1.05. The average molecular weight is 218 g/mol. The molecule has 1 unspecified atom stereocenters. The van der Waals surface area contributed by atoms with Crippen LogP contribution in [0.1, 0.15) is 11.8 Å². The second-order valence-corrected chi connectivity index (χ2v) is 3.34. The highest BCUT2D eigenvalue weighted by Gasteiger charge is 2.13. The molecule has 1 atom stereocenters. The molecule has 14 heavy (non-hydrogen) atoms. The van der Waals surface area contributed by atoms with Gasteiger partial charge in [-0.05, 0) is 0 Å². The number of hydrogen-bond acceptors (Lipinski definition) is 4. The summed E-state index contributed by atoms with van der Waals surface area (Å²) in [6.45, 7) is 4.07. The smallest absolute Gasteiger partial charge is 0.120 e. The Morgan fingerprint density at radius 2 is 2.57 bits per heavy atom. The van der Waals surface area contributed by atoms with Crippen molar-refractivity contribution < 1.29 is 9.84 Å². The molecule has 0 aliphatic rings. The molecule has 0 aliphatic carbocycles. The van der Waals surface area contributed by atoms with Gasteiger partial charge in [0.05, 0.1) is 25.0 Å². The lowest BCUT2D eigenvalue weighted by atomic mass is 10.3. The minimum Gasteiger partial charge on any atom is -0.384 e. The van der Waals surface area contributed by atoms with Crippen LogP contribution in [0.15, 0.2) is 17.8 Å².